The minimum Gasteiger partial charge on any atom is -0.448 e. The lowest BCUT2D eigenvalue weighted by molar-refractivity contribution is 0.447. The van der Waals surface area contributed by atoms with Crippen LogP contribution in [0, 0.1) is 0 Å². The zero-order chi connectivity index (χ0) is 18.1. The Bertz CT molecular complexity index is 1040. The van der Waals surface area contributed by atoms with Crippen LogP contribution in [0.4, 0.5) is 5.82 Å². The van der Waals surface area contributed by atoms with Gasteiger partial charge in [0.2, 0.25) is 0 Å². The summed E-state index contributed by atoms with van der Waals surface area (Å²) in [6.07, 6.45) is 9.01. The van der Waals surface area contributed by atoms with E-state index >= 15 is 0 Å². The van der Waals surface area contributed by atoms with Gasteiger partial charge in [-0.25, -0.2) is 15.0 Å². The fraction of sp³-hybridized carbons (Fsp3) is 0.300. The molecular formula is C20H20N6O. The highest BCUT2D eigenvalue weighted by Crippen LogP contribution is 2.36. The van der Waals surface area contributed by atoms with E-state index in [1.807, 2.05) is 18.2 Å². The fourth-order valence-electron chi connectivity index (χ4n) is 3.81. The molecule has 4 aromatic rings. The summed E-state index contributed by atoms with van der Waals surface area (Å²) in [6, 6.07) is 10.7. The Morgan fingerprint density at radius 2 is 2.07 bits per heavy atom. The van der Waals surface area contributed by atoms with Crippen molar-refractivity contribution in [3.05, 3.63) is 66.3 Å². The van der Waals surface area contributed by atoms with Gasteiger partial charge in [-0.15, -0.1) is 0 Å². The number of hydrogen-bond acceptors (Lipinski definition) is 6. The molecule has 1 aromatic carbocycles. The van der Waals surface area contributed by atoms with Crippen molar-refractivity contribution in [2.24, 2.45) is 0 Å². The lowest BCUT2D eigenvalue weighted by Crippen LogP contribution is -2.16. The van der Waals surface area contributed by atoms with Gasteiger partial charge < -0.3 is 9.73 Å². The third-order valence-electron chi connectivity index (χ3n) is 5.17. The Kier molecular flexibility index (Phi) is 4.04. The Labute approximate surface area is 156 Å². The predicted molar refractivity (Wildman–Crippen MR) is 101 cm³/mol. The monoisotopic (exact) mass is 360 g/mol. The highest BCUT2D eigenvalue weighted by atomic mass is 16.3. The Hall–Kier alpha value is -3.22. The molecule has 7 nitrogen and oxygen atoms in total. The van der Waals surface area contributed by atoms with Crippen LogP contribution in [-0.4, -0.2) is 31.2 Å². The van der Waals surface area contributed by atoms with Crippen molar-refractivity contribution in [2.45, 2.75) is 37.6 Å². The van der Waals surface area contributed by atoms with Crippen LogP contribution in [0.25, 0.3) is 11.0 Å². The normalized spacial score (nSPS) is 19.6. The largest absolute Gasteiger partial charge is 0.448 e. The molecule has 3 aromatic heterocycles. The van der Waals surface area contributed by atoms with E-state index in [-0.39, 0.29) is 0 Å². The zero-order valence-electron chi connectivity index (χ0n) is 14.8. The van der Waals surface area contributed by atoms with Crippen molar-refractivity contribution >= 4 is 16.9 Å². The number of anilines is 1. The van der Waals surface area contributed by atoms with Crippen LogP contribution in [0.1, 0.15) is 42.3 Å². The van der Waals surface area contributed by atoms with E-state index in [0.717, 1.165) is 54.1 Å². The second kappa shape index (κ2) is 6.83. The van der Waals surface area contributed by atoms with Crippen LogP contribution in [0.3, 0.4) is 0 Å². The third kappa shape index (κ3) is 3.28. The number of benzene rings is 1. The fourth-order valence-corrected chi connectivity index (χ4v) is 3.81. The molecule has 0 unspecified atom stereocenters. The molecule has 7 heteroatoms. The summed E-state index contributed by atoms with van der Waals surface area (Å²) < 4.78 is 5.80. The molecule has 0 amide bonds. The molecule has 1 saturated carbocycles. The van der Waals surface area contributed by atoms with Crippen molar-refractivity contribution in [1.29, 1.82) is 0 Å². The maximum absolute atomic E-state index is 5.80. The molecule has 0 aliphatic heterocycles. The van der Waals surface area contributed by atoms with E-state index < -0.39 is 0 Å². The van der Waals surface area contributed by atoms with Gasteiger partial charge in [0.15, 0.2) is 11.5 Å². The second-order valence-corrected chi connectivity index (χ2v) is 7.05. The van der Waals surface area contributed by atoms with E-state index in [1.165, 1.54) is 5.56 Å². The molecule has 0 bridgehead atoms. The molecule has 1 aliphatic rings. The lowest BCUT2D eigenvalue weighted by Gasteiger charge is -2.13. The molecule has 2 N–H and O–H groups in total. The number of fused-ring (bicyclic) bond motifs is 1. The molecular weight excluding hydrogens is 340 g/mol. The van der Waals surface area contributed by atoms with Gasteiger partial charge in [0.1, 0.15) is 18.4 Å². The average molecular weight is 360 g/mol. The van der Waals surface area contributed by atoms with E-state index in [4.69, 9.17) is 9.40 Å². The van der Waals surface area contributed by atoms with Gasteiger partial charge in [-0.3, -0.25) is 5.10 Å². The highest BCUT2D eigenvalue weighted by Gasteiger charge is 2.29. The number of aromatic nitrogens is 5. The van der Waals surface area contributed by atoms with Crippen molar-refractivity contribution in [2.75, 3.05) is 5.32 Å². The van der Waals surface area contributed by atoms with Crippen LogP contribution < -0.4 is 5.32 Å². The van der Waals surface area contributed by atoms with E-state index in [0.29, 0.717) is 12.0 Å². The van der Waals surface area contributed by atoms with E-state index in [2.05, 4.69) is 37.6 Å². The summed E-state index contributed by atoms with van der Waals surface area (Å²) in [4.78, 5) is 13.3. The van der Waals surface area contributed by atoms with Gasteiger partial charge in [-0.2, -0.15) is 5.10 Å². The number of H-pyrrole nitrogens is 1. The topological polar surface area (TPSA) is 92.5 Å². The molecule has 0 spiro atoms. The van der Waals surface area contributed by atoms with Gasteiger partial charge in [-0.05, 0) is 24.8 Å². The molecule has 136 valence electrons. The molecule has 27 heavy (non-hydrogen) atoms. The Morgan fingerprint density at radius 3 is 3.00 bits per heavy atom. The number of rotatable bonds is 5. The first-order valence-corrected chi connectivity index (χ1v) is 9.24. The SMILES string of the molecule is c1ccc(Cc2coc([C@H]3CC[C@H](Nc4ncnc5[nH]ncc45)C3)n2)cc1. The first-order chi connectivity index (χ1) is 13.3. The minimum atomic E-state index is 0.340. The molecule has 1 aliphatic carbocycles. The summed E-state index contributed by atoms with van der Waals surface area (Å²) >= 11 is 0. The summed E-state index contributed by atoms with van der Waals surface area (Å²) in [6.45, 7) is 0. The molecule has 2 atom stereocenters. The van der Waals surface area contributed by atoms with E-state index in [9.17, 15) is 0 Å². The zero-order valence-corrected chi connectivity index (χ0v) is 14.8. The van der Waals surface area contributed by atoms with Gasteiger partial charge in [0.25, 0.3) is 0 Å². The lowest BCUT2D eigenvalue weighted by atomic mass is 10.1. The number of aromatic amines is 1. The van der Waals surface area contributed by atoms with Crippen LogP contribution in [0.5, 0.6) is 0 Å². The van der Waals surface area contributed by atoms with Crippen molar-refractivity contribution in [3.63, 3.8) is 0 Å². The second-order valence-electron chi connectivity index (χ2n) is 7.05. The Balaban J connectivity index is 1.25. The third-order valence-corrected chi connectivity index (χ3v) is 5.17. The Morgan fingerprint density at radius 1 is 1.15 bits per heavy atom. The number of hydrogen-bond donors (Lipinski definition) is 2. The quantitative estimate of drug-likeness (QED) is 0.564. The van der Waals surface area contributed by atoms with Crippen LogP contribution >= 0.6 is 0 Å². The summed E-state index contributed by atoms with van der Waals surface area (Å²) in [5.74, 6) is 2.02. The molecule has 0 saturated heterocycles. The van der Waals surface area contributed by atoms with Crippen LogP contribution in [0.2, 0.25) is 0 Å². The smallest absolute Gasteiger partial charge is 0.197 e. The van der Waals surface area contributed by atoms with Gasteiger partial charge in [-0.1, -0.05) is 30.3 Å². The van der Waals surface area contributed by atoms with E-state index in [1.54, 1.807) is 18.8 Å². The number of nitrogens with zero attached hydrogens (tertiary/aromatic N) is 4. The average Bonchev–Trinajstić information content (AvgIpc) is 3.43. The van der Waals surface area contributed by atoms with Gasteiger partial charge in [0.05, 0.1) is 17.3 Å². The molecule has 5 rings (SSSR count). The molecule has 3 heterocycles. The van der Waals surface area contributed by atoms with Crippen LogP contribution in [0.15, 0.2) is 53.5 Å². The van der Waals surface area contributed by atoms with Crippen LogP contribution in [-0.2, 0) is 6.42 Å². The van der Waals surface area contributed by atoms with Crippen molar-refractivity contribution < 1.29 is 4.42 Å². The van der Waals surface area contributed by atoms with Gasteiger partial charge in [0, 0.05) is 18.4 Å². The standard InChI is InChI=1S/C20H20N6O/c1-2-4-13(5-3-1)8-16-11-27-20(25-16)14-6-7-15(9-14)24-18-17-10-23-26-19(17)22-12-21-18/h1-5,10-12,14-15H,6-9H2,(H2,21,22,23,24,26)/t14-,15-/m0/s1. The number of nitrogens with one attached hydrogen (secondary N) is 2. The van der Waals surface area contributed by atoms with Crippen molar-refractivity contribution in [3.8, 4) is 0 Å². The van der Waals surface area contributed by atoms with Gasteiger partial charge >= 0.3 is 0 Å². The first kappa shape index (κ1) is 16.0. The first-order valence-electron chi connectivity index (χ1n) is 9.24. The molecule has 1 fully saturated rings. The minimum absolute atomic E-state index is 0.340. The summed E-state index contributed by atoms with van der Waals surface area (Å²) in [5, 5.41) is 11.4. The predicted octanol–water partition coefficient (Wildman–Crippen LogP) is 3.68. The highest BCUT2D eigenvalue weighted by molar-refractivity contribution is 5.85. The summed E-state index contributed by atoms with van der Waals surface area (Å²) in [7, 11) is 0. The molecule has 0 radical (unpaired) electrons. The summed E-state index contributed by atoms with van der Waals surface area (Å²) in [5.41, 5.74) is 2.99. The van der Waals surface area contributed by atoms with Crippen molar-refractivity contribution in [1.82, 2.24) is 25.1 Å². The number of oxazole rings is 1. The maximum Gasteiger partial charge on any atom is 0.197 e. The maximum atomic E-state index is 5.80.